The smallest absolute Gasteiger partial charge is 0.294 e. The third-order valence-corrected chi connectivity index (χ3v) is 1.28. The van der Waals surface area contributed by atoms with E-state index in [4.69, 9.17) is 0 Å². The summed E-state index contributed by atoms with van der Waals surface area (Å²) >= 11 is 0. The fraction of sp³-hybridized carbons (Fsp3) is 0.667. The molecular weight excluding hydrogens is 134 g/mol. The second-order valence-electron chi connectivity index (χ2n) is 2.05. The van der Waals surface area contributed by atoms with Crippen LogP contribution in [0.15, 0.2) is 0 Å². The predicted molar refractivity (Wildman–Crippen MR) is 33.5 cm³/mol. The standard InChI is InChI=1S/C6H7NO3/c8-7(9)10-6-4-2-1-3-5-6/h6H,2,4-5H2. The fourth-order valence-corrected chi connectivity index (χ4v) is 0.821. The van der Waals surface area contributed by atoms with E-state index < -0.39 is 5.09 Å². The van der Waals surface area contributed by atoms with Gasteiger partial charge in [-0.25, -0.2) is 0 Å². The van der Waals surface area contributed by atoms with Crippen LogP contribution >= 0.6 is 0 Å². The van der Waals surface area contributed by atoms with Crippen LogP contribution in [0.4, 0.5) is 0 Å². The summed E-state index contributed by atoms with van der Waals surface area (Å²) < 4.78 is 0. The van der Waals surface area contributed by atoms with Gasteiger partial charge in [-0.15, -0.1) is 22.0 Å². The summed E-state index contributed by atoms with van der Waals surface area (Å²) in [7, 11) is 0. The van der Waals surface area contributed by atoms with E-state index in [1.54, 1.807) is 0 Å². The van der Waals surface area contributed by atoms with Gasteiger partial charge in [0.2, 0.25) is 0 Å². The zero-order chi connectivity index (χ0) is 7.40. The van der Waals surface area contributed by atoms with Gasteiger partial charge in [-0.1, -0.05) is 0 Å². The average Bonchev–Trinajstić information content (AvgIpc) is 1.88. The minimum Gasteiger partial charge on any atom is -0.310 e. The lowest BCUT2D eigenvalue weighted by Crippen LogP contribution is -2.17. The number of nitrogens with zero attached hydrogens (tertiary/aromatic N) is 1. The topological polar surface area (TPSA) is 52.4 Å². The highest BCUT2D eigenvalue weighted by Gasteiger charge is 2.12. The molecule has 1 aliphatic rings. The zero-order valence-corrected chi connectivity index (χ0v) is 5.37. The number of hydrogen-bond donors (Lipinski definition) is 0. The summed E-state index contributed by atoms with van der Waals surface area (Å²) in [5.41, 5.74) is 0. The highest BCUT2D eigenvalue weighted by molar-refractivity contribution is 5.04. The summed E-state index contributed by atoms with van der Waals surface area (Å²) in [6, 6.07) is 0. The Balaban J connectivity index is 2.31. The molecule has 0 aromatic rings. The second kappa shape index (κ2) is 3.06. The van der Waals surface area contributed by atoms with Gasteiger partial charge in [0.25, 0.3) is 5.09 Å². The Morgan fingerprint density at radius 1 is 1.60 bits per heavy atom. The molecule has 0 aliphatic heterocycles. The van der Waals surface area contributed by atoms with Gasteiger partial charge in [-0.3, -0.25) is 0 Å². The van der Waals surface area contributed by atoms with Crippen molar-refractivity contribution in [2.45, 2.75) is 25.4 Å². The van der Waals surface area contributed by atoms with Gasteiger partial charge < -0.3 is 4.84 Å². The van der Waals surface area contributed by atoms with E-state index in [9.17, 15) is 10.1 Å². The Kier molecular flexibility index (Phi) is 2.11. The quantitative estimate of drug-likeness (QED) is 0.324. The molecule has 0 radical (unpaired) electrons. The summed E-state index contributed by atoms with van der Waals surface area (Å²) in [4.78, 5) is 14.1. The normalized spacial score (nSPS) is 22.6. The Labute approximate surface area is 58.3 Å². The molecule has 0 amide bonds. The molecule has 1 unspecified atom stereocenters. The molecule has 0 saturated carbocycles. The largest absolute Gasteiger partial charge is 0.310 e. The van der Waals surface area contributed by atoms with Crippen LogP contribution in [0.5, 0.6) is 0 Å². The van der Waals surface area contributed by atoms with E-state index in [1.165, 1.54) is 0 Å². The van der Waals surface area contributed by atoms with Crippen molar-refractivity contribution in [1.82, 2.24) is 0 Å². The van der Waals surface area contributed by atoms with E-state index in [0.717, 1.165) is 0 Å². The van der Waals surface area contributed by atoms with Gasteiger partial charge in [0, 0.05) is 12.8 Å². The summed E-state index contributed by atoms with van der Waals surface area (Å²) in [6.07, 6.45) is 1.57. The van der Waals surface area contributed by atoms with Crippen molar-refractivity contribution in [2.75, 3.05) is 0 Å². The highest BCUT2D eigenvalue weighted by atomic mass is 17.0. The van der Waals surface area contributed by atoms with Crippen molar-refractivity contribution in [3.63, 3.8) is 0 Å². The van der Waals surface area contributed by atoms with Crippen molar-refractivity contribution >= 4 is 0 Å². The van der Waals surface area contributed by atoms with Crippen LogP contribution in [0.1, 0.15) is 19.3 Å². The Morgan fingerprint density at radius 2 is 2.40 bits per heavy atom. The maximum Gasteiger partial charge on any atom is 0.294 e. The summed E-state index contributed by atoms with van der Waals surface area (Å²) in [5, 5.41) is 9.05. The predicted octanol–water partition coefficient (Wildman–Crippen LogP) is 0.751. The van der Waals surface area contributed by atoms with Crippen LogP contribution < -0.4 is 0 Å². The minimum absolute atomic E-state index is 0.295. The lowest BCUT2D eigenvalue weighted by atomic mass is 10.1. The van der Waals surface area contributed by atoms with Gasteiger partial charge in [0.05, 0.1) is 0 Å². The third kappa shape index (κ3) is 1.94. The van der Waals surface area contributed by atoms with Gasteiger partial charge in [0.1, 0.15) is 6.10 Å². The average molecular weight is 141 g/mol. The maximum atomic E-state index is 9.80. The lowest BCUT2D eigenvalue weighted by Gasteiger charge is -2.11. The first-order chi connectivity index (χ1) is 4.79. The Morgan fingerprint density at radius 3 is 2.90 bits per heavy atom. The molecule has 1 atom stereocenters. The molecule has 4 nitrogen and oxygen atoms in total. The lowest BCUT2D eigenvalue weighted by molar-refractivity contribution is -0.768. The van der Waals surface area contributed by atoms with Crippen molar-refractivity contribution < 1.29 is 9.92 Å². The van der Waals surface area contributed by atoms with Crippen molar-refractivity contribution in [3.05, 3.63) is 10.1 Å². The van der Waals surface area contributed by atoms with E-state index in [1.807, 2.05) is 0 Å². The minimum atomic E-state index is -0.752. The van der Waals surface area contributed by atoms with Crippen molar-refractivity contribution in [3.8, 4) is 11.8 Å². The van der Waals surface area contributed by atoms with E-state index >= 15 is 0 Å². The second-order valence-corrected chi connectivity index (χ2v) is 2.05. The van der Waals surface area contributed by atoms with Crippen LogP contribution in [0.3, 0.4) is 0 Å². The van der Waals surface area contributed by atoms with E-state index in [2.05, 4.69) is 16.7 Å². The zero-order valence-electron chi connectivity index (χ0n) is 5.37. The van der Waals surface area contributed by atoms with Gasteiger partial charge in [-0.2, -0.15) is 0 Å². The third-order valence-electron chi connectivity index (χ3n) is 1.28. The summed E-state index contributed by atoms with van der Waals surface area (Å²) in [6.45, 7) is 0. The maximum absolute atomic E-state index is 9.80. The SMILES string of the molecule is O=[N+]([O-])OC1CC#CCC1. The molecular formula is C6H7NO3. The summed E-state index contributed by atoms with van der Waals surface area (Å²) in [5.74, 6) is 5.60. The molecule has 0 spiro atoms. The van der Waals surface area contributed by atoms with Crippen LogP contribution in [0.25, 0.3) is 0 Å². The van der Waals surface area contributed by atoms with Crippen molar-refractivity contribution in [1.29, 1.82) is 0 Å². The fourth-order valence-electron chi connectivity index (χ4n) is 0.821. The highest BCUT2D eigenvalue weighted by Crippen LogP contribution is 2.09. The van der Waals surface area contributed by atoms with Gasteiger partial charge in [-0.05, 0) is 6.42 Å². The Bertz CT molecular complexity index is 191. The molecule has 1 aliphatic carbocycles. The molecule has 0 saturated heterocycles. The van der Waals surface area contributed by atoms with Crippen LogP contribution in [-0.2, 0) is 4.84 Å². The Hall–Kier alpha value is -1.24. The van der Waals surface area contributed by atoms with Gasteiger partial charge >= 0.3 is 0 Å². The molecule has 0 bridgehead atoms. The van der Waals surface area contributed by atoms with E-state index in [-0.39, 0.29) is 6.10 Å². The van der Waals surface area contributed by atoms with Gasteiger partial charge in [0.15, 0.2) is 0 Å². The first-order valence-electron chi connectivity index (χ1n) is 3.06. The number of rotatable bonds is 2. The molecule has 0 aromatic carbocycles. The van der Waals surface area contributed by atoms with Crippen LogP contribution in [-0.4, -0.2) is 11.2 Å². The molecule has 1 rings (SSSR count). The molecule has 0 heterocycles. The first-order valence-corrected chi connectivity index (χ1v) is 3.06. The molecule has 0 fully saturated rings. The molecule has 4 heteroatoms. The van der Waals surface area contributed by atoms with Crippen LogP contribution in [0.2, 0.25) is 0 Å². The van der Waals surface area contributed by atoms with Crippen LogP contribution in [0, 0.1) is 22.0 Å². The number of hydrogen-bond acceptors (Lipinski definition) is 3. The molecule has 10 heavy (non-hydrogen) atoms. The van der Waals surface area contributed by atoms with Crippen molar-refractivity contribution in [2.24, 2.45) is 0 Å². The molecule has 54 valence electrons. The molecule has 0 N–H and O–H groups in total. The molecule has 0 aromatic heterocycles. The monoisotopic (exact) mass is 141 g/mol. The first kappa shape index (κ1) is 6.87. The van der Waals surface area contributed by atoms with E-state index in [0.29, 0.717) is 19.3 Å².